The largest absolute Gasteiger partial charge is 0.316 e. The van der Waals surface area contributed by atoms with Gasteiger partial charge in [-0.25, -0.2) is 0 Å². The lowest BCUT2D eigenvalue weighted by atomic mass is 10.1. The summed E-state index contributed by atoms with van der Waals surface area (Å²) in [4.78, 5) is 0. The standard InChI is InChI=1S/C5H14N2O3S/c1-4(2-5(6)7)3-11(8,9)10/h4-5H,2-3,6-7H2,1H3,(H,8,9,10). The van der Waals surface area contributed by atoms with Crippen LogP contribution in [-0.2, 0) is 10.1 Å². The lowest BCUT2D eigenvalue weighted by molar-refractivity contribution is 0.450. The molecule has 0 aromatic carbocycles. The topological polar surface area (TPSA) is 106 Å². The molecule has 0 aliphatic carbocycles. The molecular formula is C5H14N2O3S. The average molecular weight is 182 g/mol. The molecule has 68 valence electrons. The van der Waals surface area contributed by atoms with E-state index in [1.807, 2.05) is 0 Å². The minimum atomic E-state index is -3.88. The van der Waals surface area contributed by atoms with Crippen LogP contribution in [0.25, 0.3) is 0 Å². The Kier molecular flexibility index (Phi) is 3.95. The highest BCUT2D eigenvalue weighted by atomic mass is 32.2. The van der Waals surface area contributed by atoms with E-state index in [0.717, 1.165) is 0 Å². The third-order valence-electron chi connectivity index (χ3n) is 1.17. The second-order valence-corrected chi connectivity index (χ2v) is 4.25. The summed E-state index contributed by atoms with van der Waals surface area (Å²) in [5, 5.41) is 0. The molecule has 0 radical (unpaired) electrons. The zero-order chi connectivity index (χ0) is 9.07. The average Bonchev–Trinajstić information content (AvgIpc) is 1.53. The van der Waals surface area contributed by atoms with Crippen LogP contribution in [0.2, 0.25) is 0 Å². The van der Waals surface area contributed by atoms with Gasteiger partial charge in [-0.3, -0.25) is 4.55 Å². The Hall–Kier alpha value is -0.170. The van der Waals surface area contributed by atoms with Crippen molar-refractivity contribution in [1.29, 1.82) is 0 Å². The molecule has 0 spiro atoms. The third-order valence-corrected chi connectivity index (χ3v) is 2.16. The van der Waals surface area contributed by atoms with Gasteiger partial charge in [0.1, 0.15) is 0 Å². The first-order chi connectivity index (χ1) is 4.81. The van der Waals surface area contributed by atoms with Crippen molar-refractivity contribution in [3.63, 3.8) is 0 Å². The van der Waals surface area contributed by atoms with Crippen molar-refractivity contribution in [2.45, 2.75) is 19.5 Å². The highest BCUT2D eigenvalue weighted by Crippen LogP contribution is 2.04. The first-order valence-electron chi connectivity index (χ1n) is 3.27. The Balaban J connectivity index is 3.80. The molecule has 0 aliphatic rings. The van der Waals surface area contributed by atoms with Crippen LogP contribution in [0.15, 0.2) is 0 Å². The Morgan fingerprint density at radius 1 is 1.45 bits per heavy atom. The van der Waals surface area contributed by atoms with Crippen molar-refractivity contribution < 1.29 is 13.0 Å². The monoisotopic (exact) mass is 182 g/mol. The summed E-state index contributed by atoms with van der Waals surface area (Å²) in [5.41, 5.74) is 10.4. The summed E-state index contributed by atoms with van der Waals surface area (Å²) in [6.07, 6.45) is -0.133. The Labute approximate surface area is 66.5 Å². The number of rotatable bonds is 4. The van der Waals surface area contributed by atoms with Crippen molar-refractivity contribution in [2.75, 3.05) is 5.75 Å². The number of hydrogen-bond donors (Lipinski definition) is 3. The predicted octanol–water partition coefficient (Wildman–Crippen LogP) is -0.856. The molecule has 0 heterocycles. The van der Waals surface area contributed by atoms with E-state index in [2.05, 4.69) is 0 Å². The van der Waals surface area contributed by atoms with Crippen molar-refractivity contribution in [2.24, 2.45) is 17.4 Å². The second kappa shape index (κ2) is 4.01. The summed E-state index contributed by atoms with van der Waals surface area (Å²) < 4.78 is 29.0. The second-order valence-electron chi connectivity index (χ2n) is 2.75. The quantitative estimate of drug-likeness (QED) is 0.387. The molecule has 0 saturated carbocycles. The normalized spacial score (nSPS) is 15.4. The van der Waals surface area contributed by atoms with E-state index in [-0.39, 0.29) is 11.7 Å². The van der Waals surface area contributed by atoms with Crippen molar-refractivity contribution in [3.05, 3.63) is 0 Å². The molecule has 5 nitrogen and oxygen atoms in total. The summed E-state index contributed by atoms with van der Waals surface area (Å²) in [6.45, 7) is 1.67. The smallest absolute Gasteiger partial charge is 0.265 e. The summed E-state index contributed by atoms with van der Waals surface area (Å²) in [5.74, 6) is -0.484. The van der Waals surface area contributed by atoms with Crippen LogP contribution in [0.5, 0.6) is 0 Å². The van der Waals surface area contributed by atoms with Crippen molar-refractivity contribution >= 4 is 10.1 Å². The SMILES string of the molecule is CC(CC(N)N)CS(=O)(=O)O. The summed E-state index contributed by atoms with van der Waals surface area (Å²) >= 11 is 0. The van der Waals surface area contributed by atoms with Gasteiger partial charge in [0.2, 0.25) is 0 Å². The maximum Gasteiger partial charge on any atom is 0.265 e. The van der Waals surface area contributed by atoms with Crippen LogP contribution in [-0.4, -0.2) is 24.9 Å². The van der Waals surface area contributed by atoms with Gasteiger partial charge in [0.15, 0.2) is 0 Å². The zero-order valence-electron chi connectivity index (χ0n) is 6.40. The highest BCUT2D eigenvalue weighted by Gasteiger charge is 2.13. The van der Waals surface area contributed by atoms with Crippen molar-refractivity contribution in [3.8, 4) is 0 Å². The van der Waals surface area contributed by atoms with E-state index in [0.29, 0.717) is 6.42 Å². The van der Waals surface area contributed by atoms with Crippen LogP contribution in [0.4, 0.5) is 0 Å². The molecule has 0 amide bonds. The molecule has 0 saturated heterocycles. The van der Waals surface area contributed by atoms with Gasteiger partial charge >= 0.3 is 0 Å². The molecule has 0 rings (SSSR count). The van der Waals surface area contributed by atoms with E-state index in [4.69, 9.17) is 16.0 Å². The molecule has 0 aliphatic heterocycles. The van der Waals surface area contributed by atoms with Crippen LogP contribution in [0.3, 0.4) is 0 Å². The highest BCUT2D eigenvalue weighted by molar-refractivity contribution is 7.85. The number of hydrogen-bond acceptors (Lipinski definition) is 4. The fourth-order valence-corrected chi connectivity index (χ4v) is 1.75. The molecule has 0 fully saturated rings. The van der Waals surface area contributed by atoms with Crippen LogP contribution < -0.4 is 11.5 Å². The van der Waals surface area contributed by atoms with Gasteiger partial charge in [0.25, 0.3) is 10.1 Å². The van der Waals surface area contributed by atoms with Gasteiger partial charge in [0, 0.05) is 0 Å². The van der Waals surface area contributed by atoms with E-state index in [1.54, 1.807) is 6.92 Å². The van der Waals surface area contributed by atoms with Gasteiger partial charge in [-0.05, 0) is 12.3 Å². The minimum absolute atomic E-state index is 0.204. The van der Waals surface area contributed by atoms with Gasteiger partial charge < -0.3 is 11.5 Å². The summed E-state index contributed by atoms with van der Waals surface area (Å²) in [7, 11) is -3.88. The van der Waals surface area contributed by atoms with Gasteiger partial charge in [0.05, 0.1) is 11.9 Å². The maximum atomic E-state index is 10.3. The van der Waals surface area contributed by atoms with E-state index in [9.17, 15) is 8.42 Å². The van der Waals surface area contributed by atoms with Gasteiger partial charge in [-0.2, -0.15) is 8.42 Å². The Morgan fingerprint density at radius 2 is 1.91 bits per heavy atom. The molecule has 1 unspecified atom stereocenters. The minimum Gasteiger partial charge on any atom is -0.316 e. The molecule has 6 heteroatoms. The first kappa shape index (κ1) is 10.8. The zero-order valence-corrected chi connectivity index (χ0v) is 7.21. The molecule has 0 aromatic heterocycles. The Bertz CT molecular complexity index is 200. The van der Waals surface area contributed by atoms with Crippen molar-refractivity contribution in [1.82, 2.24) is 0 Å². The predicted molar refractivity (Wildman–Crippen MR) is 42.4 cm³/mol. The van der Waals surface area contributed by atoms with Gasteiger partial charge in [-0.15, -0.1) is 0 Å². The summed E-state index contributed by atoms with van der Waals surface area (Å²) in [6, 6.07) is 0. The van der Waals surface area contributed by atoms with E-state index in [1.165, 1.54) is 0 Å². The first-order valence-corrected chi connectivity index (χ1v) is 4.88. The molecule has 0 bridgehead atoms. The van der Waals surface area contributed by atoms with Crippen LogP contribution in [0.1, 0.15) is 13.3 Å². The van der Waals surface area contributed by atoms with Crippen LogP contribution in [0, 0.1) is 5.92 Å². The number of nitrogens with two attached hydrogens (primary N) is 2. The molecule has 11 heavy (non-hydrogen) atoms. The molecule has 1 atom stereocenters. The fraction of sp³-hybridized carbons (Fsp3) is 1.00. The lowest BCUT2D eigenvalue weighted by Gasteiger charge is -2.11. The van der Waals surface area contributed by atoms with E-state index < -0.39 is 16.3 Å². The molecular weight excluding hydrogens is 168 g/mol. The van der Waals surface area contributed by atoms with Crippen LogP contribution >= 0.6 is 0 Å². The lowest BCUT2D eigenvalue weighted by Crippen LogP contribution is -2.33. The molecule has 5 N–H and O–H groups in total. The fourth-order valence-electron chi connectivity index (χ4n) is 0.892. The molecule has 0 aromatic rings. The Morgan fingerprint density at radius 3 is 2.18 bits per heavy atom. The van der Waals surface area contributed by atoms with E-state index >= 15 is 0 Å². The van der Waals surface area contributed by atoms with Gasteiger partial charge in [-0.1, -0.05) is 6.92 Å². The maximum absolute atomic E-state index is 10.3. The third kappa shape index (κ3) is 7.73.